The Morgan fingerprint density at radius 2 is 1.83 bits per heavy atom. The molecule has 0 spiro atoms. The zero-order valence-corrected chi connectivity index (χ0v) is 13.7. The molecule has 4 heterocycles. The quantitative estimate of drug-likeness (QED) is 0.765. The van der Waals surface area contributed by atoms with Crippen LogP contribution in [-0.4, -0.2) is 50.8 Å². The normalized spacial score (nSPS) is 20.4. The second-order valence-corrected chi connectivity index (χ2v) is 7.09. The van der Waals surface area contributed by atoms with E-state index in [9.17, 15) is 4.79 Å². The largest absolute Gasteiger partial charge is 0.337 e. The SMILES string of the molecule is O=C(c1n[nH]c2c1CCNC2)N1CCc2[nH]nc(C3CC3)c2CC1. The van der Waals surface area contributed by atoms with Crippen LogP contribution in [0.4, 0.5) is 0 Å². The Labute approximate surface area is 140 Å². The molecule has 0 bridgehead atoms. The minimum absolute atomic E-state index is 0.0699. The van der Waals surface area contributed by atoms with Crippen LogP contribution in [0.15, 0.2) is 0 Å². The summed E-state index contributed by atoms with van der Waals surface area (Å²) in [4.78, 5) is 14.9. The van der Waals surface area contributed by atoms with Gasteiger partial charge in [-0.05, 0) is 37.8 Å². The number of carbonyl (C=O) groups is 1. The van der Waals surface area contributed by atoms with Crippen molar-refractivity contribution in [2.45, 2.75) is 44.6 Å². The molecule has 0 atom stereocenters. The number of aromatic nitrogens is 4. The van der Waals surface area contributed by atoms with Gasteiger partial charge in [-0.2, -0.15) is 10.2 Å². The summed E-state index contributed by atoms with van der Waals surface area (Å²) in [5.41, 5.74) is 6.62. The van der Waals surface area contributed by atoms with E-state index in [2.05, 4.69) is 25.7 Å². The average Bonchev–Trinajstić information content (AvgIpc) is 3.30. The lowest BCUT2D eigenvalue weighted by atomic mass is 10.1. The van der Waals surface area contributed by atoms with Crippen LogP contribution in [0.2, 0.25) is 0 Å². The summed E-state index contributed by atoms with van der Waals surface area (Å²) in [6.07, 6.45) is 5.14. The molecule has 7 nitrogen and oxygen atoms in total. The molecule has 3 N–H and O–H groups in total. The van der Waals surface area contributed by atoms with Crippen molar-refractivity contribution in [2.75, 3.05) is 19.6 Å². The van der Waals surface area contributed by atoms with Crippen LogP contribution in [0.25, 0.3) is 0 Å². The first kappa shape index (κ1) is 14.2. The first-order valence-electron chi connectivity index (χ1n) is 8.93. The third-order valence-electron chi connectivity index (χ3n) is 5.51. The van der Waals surface area contributed by atoms with Crippen LogP contribution in [0.1, 0.15) is 57.5 Å². The van der Waals surface area contributed by atoms with Crippen LogP contribution in [0.3, 0.4) is 0 Å². The molecule has 2 aromatic heterocycles. The number of carbonyl (C=O) groups excluding carboxylic acids is 1. The molecule has 1 amide bonds. The first-order chi connectivity index (χ1) is 11.8. The fourth-order valence-corrected chi connectivity index (χ4v) is 3.98. The molecule has 0 aromatic carbocycles. The summed E-state index contributed by atoms with van der Waals surface area (Å²) < 4.78 is 0. The molecule has 7 heteroatoms. The second kappa shape index (κ2) is 5.44. The molecule has 5 rings (SSSR count). The summed E-state index contributed by atoms with van der Waals surface area (Å²) in [5.74, 6) is 0.721. The van der Waals surface area contributed by atoms with E-state index >= 15 is 0 Å². The lowest BCUT2D eigenvalue weighted by molar-refractivity contribution is 0.0755. The van der Waals surface area contributed by atoms with Crippen molar-refractivity contribution in [2.24, 2.45) is 0 Å². The number of nitrogens with one attached hydrogen (secondary N) is 3. The fraction of sp³-hybridized carbons (Fsp3) is 0.588. The van der Waals surface area contributed by atoms with Crippen molar-refractivity contribution in [3.05, 3.63) is 33.9 Å². The lowest BCUT2D eigenvalue weighted by Gasteiger charge is -2.20. The van der Waals surface area contributed by atoms with Crippen molar-refractivity contribution < 1.29 is 4.79 Å². The number of amides is 1. The zero-order valence-electron chi connectivity index (χ0n) is 13.7. The molecule has 0 saturated heterocycles. The van der Waals surface area contributed by atoms with Gasteiger partial charge in [-0.25, -0.2) is 0 Å². The molecular formula is C17H22N6O. The van der Waals surface area contributed by atoms with Crippen molar-refractivity contribution in [1.29, 1.82) is 0 Å². The van der Waals surface area contributed by atoms with E-state index in [0.717, 1.165) is 56.7 Å². The number of aromatic amines is 2. The molecule has 1 fully saturated rings. The minimum Gasteiger partial charge on any atom is -0.337 e. The Morgan fingerprint density at radius 3 is 2.71 bits per heavy atom. The van der Waals surface area contributed by atoms with Crippen molar-refractivity contribution in [1.82, 2.24) is 30.6 Å². The summed E-state index contributed by atoms with van der Waals surface area (Å²) in [6.45, 7) is 3.17. The molecule has 126 valence electrons. The Morgan fingerprint density at radius 1 is 1.00 bits per heavy atom. The molecular weight excluding hydrogens is 304 g/mol. The standard InChI is InChI=1S/C17H22N6O/c24-17(16-11-3-6-18-9-14(11)20-22-16)23-7-4-12-13(5-8-23)19-21-15(12)10-1-2-10/h10,18H,1-9H2,(H,19,21)(H,20,22). The summed E-state index contributed by atoms with van der Waals surface area (Å²) in [7, 11) is 0. The maximum atomic E-state index is 13.0. The Hall–Kier alpha value is -2.15. The topological polar surface area (TPSA) is 89.7 Å². The van der Waals surface area contributed by atoms with Gasteiger partial charge in [0.1, 0.15) is 0 Å². The summed E-state index contributed by atoms with van der Waals surface area (Å²) in [5, 5.41) is 18.4. The van der Waals surface area contributed by atoms with E-state index in [1.54, 1.807) is 0 Å². The van der Waals surface area contributed by atoms with E-state index in [1.807, 2.05) is 4.90 Å². The van der Waals surface area contributed by atoms with E-state index in [0.29, 0.717) is 11.6 Å². The molecule has 2 aliphatic heterocycles. The fourth-order valence-electron chi connectivity index (χ4n) is 3.98. The number of H-pyrrole nitrogens is 2. The third kappa shape index (κ3) is 2.26. The van der Waals surface area contributed by atoms with Crippen molar-refractivity contribution in [3.8, 4) is 0 Å². The van der Waals surface area contributed by atoms with Gasteiger partial charge in [0.25, 0.3) is 5.91 Å². The summed E-state index contributed by atoms with van der Waals surface area (Å²) in [6, 6.07) is 0. The van der Waals surface area contributed by atoms with Crippen LogP contribution in [0.5, 0.6) is 0 Å². The monoisotopic (exact) mass is 326 g/mol. The highest BCUT2D eigenvalue weighted by molar-refractivity contribution is 5.94. The highest BCUT2D eigenvalue weighted by Gasteiger charge is 2.32. The van der Waals surface area contributed by atoms with E-state index in [-0.39, 0.29) is 5.91 Å². The molecule has 0 unspecified atom stereocenters. The van der Waals surface area contributed by atoms with Gasteiger partial charge in [0.15, 0.2) is 5.69 Å². The Bertz CT molecular complexity index is 787. The van der Waals surface area contributed by atoms with Gasteiger partial charge >= 0.3 is 0 Å². The maximum absolute atomic E-state index is 13.0. The van der Waals surface area contributed by atoms with Crippen LogP contribution in [0, 0.1) is 0 Å². The van der Waals surface area contributed by atoms with E-state index in [1.165, 1.54) is 29.8 Å². The highest BCUT2D eigenvalue weighted by atomic mass is 16.2. The predicted molar refractivity (Wildman–Crippen MR) is 87.9 cm³/mol. The molecule has 2 aromatic rings. The second-order valence-electron chi connectivity index (χ2n) is 7.09. The van der Waals surface area contributed by atoms with E-state index < -0.39 is 0 Å². The Balaban J connectivity index is 1.37. The molecule has 1 aliphatic carbocycles. The van der Waals surface area contributed by atoms with Crippen molar-refractivity contribution in [3.63, 3.8) is 0 Å². The van der Waals surface area contributed by atoms with Gasteiger partial charge in [0, 0.05) is 43.2 Å². The van der Waals surface area contributed by atoms with Crippen molar-refractivity contribution >= 4 is 5.91 Å². The molecule has 3 aliphatic rings. The highest BCUT2D eigenvalue weighted by Crippen LogP contribution is 2.41. The average molecular weight is 326 g/mol. The number of rotatable bonds is 2. The predicted octanol–water partition coefficient (Wildman–Crippen LogP) is 0.897. The van der Waals surface area contributed by atoms with Crippen LogP contribution < -0.4 is 5.32 Å². The summed E-state index contributed by atoms with van der Waals surface area (Å²) >= 11 is 0. The van der Waals surface area contributed by atoms with Gasteiger partial charge in [0.2, 0.25) is 0 Å². The first-order valence-corrected chi connectivity index (χ1v) is 8.93. The maximum Gasteiger partial charge on any atom is 0.274 e. The molecule has 24 heavy (non-hydrogen) atoms. The molecule has 1 saturated carbocycles. The molecule has 0 radical (unpaired) electrons. The van der Waals surface area contributed by atoms with Gasteiger partial charge in [-0.1, -0.05) is 0 Å². The van der Waals surface area contributed by atoms with Gasteiger partial charge in [-0.15, -0.1) is 0 Å². The number of hydrogen-bond acceptors (Lipinski definition) is 4. The van der Waals surface area contributed by atoms with E-state index in [4.69, 9.17) is 0 Å². The van der Waals surface area contributed by atoms with Gasteiger partial charge < -0.3 is 10.2 Å². The van der Waals surface area contributed by atoms with Gasteiger partial charge in [0.05, 0.1) is 11.4 Å². The number of fused-ring (bicyclic) bond motifs is 2. The Kier molecular flexibility index (Phi) is 3.22. The van der Waals surface area contributed by atoms with Crippen LogP contribution >= 0.6 is 0 Å². The van der Waals surface area contributed by atoms with Gasteiger partial charge in [-0.3, -0.25) is 15.0 Å². The lowest BCUT2D eigenvalue weighted by Crippen LogP contribution is -2.35. The van der Waals surface area contributed by atoms with Crippen LogP contribution in [-0.2, 0) is 25.8 Å². The third-order valence-corrected chi connectivity index (χ3v) is 5.51. The smallest absolute Gasteiger partial charge is 0.274 e. The number of nitrogens with zero attached hydrogens (tertiary/aromatic N) is 3. The zero-order chi connectivity index (χ0) is 16.1. The number of hydrogen-bond donors (Lipinski definition) is 3. The minimum atomic E-state index is 0.0699.